The first-order chi connectivity index (χ1) is 4.61. The lowest BCUT2D eigenvalue weighted by Crippen LogP contribution is -1.97. The summed E-state index contributed by atoms with van der Waals surface area (Å²) in [4.78, 5) is 0. The predicted molar refractivity (Wildman–Crippen MR) is 44.0 cm³/mol. The third-order valence-electron chi connectivity index (χ3n) is 0.751. The van der Waals surface area contributed by atoms with Crippen LogP contribution in [-0.2, 0) is 10.1 Å². The molecule has 0 saturated carbocycles. The molecule has 3 nitrogen and oxygen atoms in total. The Morgan fingerprint density at radius 2 is 2.20 bits per heavy atom. The molecule has 0 aliphatic carbocycles. The van der Waals surface area contributed by atoms with Crippen molar-refractivity contribution in [3.05, 3.63) is 21.8 Å². The summed E-state index contributed by atoms with van der Waals surface area (Å²) in [6.07, 6.45) is 2.93. The van der Waals surface area contributed by atoms with Crippen LogP contribution in [0.15, 0.2) is 21.8 Å². The first-order valence-corrected chi connectivity index (χ1v) is 5.93. The molecule has 0 saturated heterocycles. The van der Waals surface area contributed by atoms with E-state index in [0.717, 1.165) is 10.8 Å². The Balaban J connectivity index is 2.93. The van der Waals surface area contributed by atoms with E-state index in [1.54, 1.807) is 11.5 Å². The zero-order valence-corrected chi connectivity index (χ0v) is 7.17. The Bertz CT molecular complexity index is 274. The van der Waals surface area contributed by atoms with E-state index in [9.17, 15) is 8.42 Å². The first kappa shape index (κ1) is 8.19. The van der Waals surface area contributed by atoms with Crippen molar-refractivity contribution in [3.63, 3.8) is 0 Å². The summed E-state index contributed by atoms with van der Waals surface area (Å²) in [5, 5.41) is 1.74. The number of hydrogen-bond donors (Lipinski definition) is 1. The van der Waals surface area contributed by atoms with E-state index in [0.29, 0.717) is 0 Å². The molecule has 0 fully saturated rings. The topological polar surface area (TPSA) is 54.4 Å². The third kappa shape index (κ3) is 2.05. The van der Waals surface area contributed by atoms with Gasteiger partial charge >= 0.3 is 10.1 Å². The van der Waals surface area contributed by atoms with Crippen molar-refractivity contribution in [2.45, 2.75) is 0 Å². The molecule has 56 valence electrons. The average molecular weight is 196 g/mol. The minimum atomic E-state index is -3.97. The van der Waals surface area contributed by atoms with Crippen molar-refractivity contribution in [1.29, 1.82) is 0 Å². The van der Waals surface area contributed by atoms with Crippen LogP contribution in [0.2, 0.25) is 0 Å². The van der Waals surface area contributed by atoms with E-state index >= 15 is 0 Å². The molecule has 1 heterocycles. The number of hydrogen-bond acceptors (Lipinski definition) is 4. The summed E-state index contributed by atoms with van der Waals surface area (Å²) >= 11 is 0. The van der Waals surface area contributed by atoms with Gasteiger partial charge in [-0.1, -0.05) is 16.9 Å². The van der Waals surface area contributed by atoms with Crippen LogP contribution in [-0.4, -0.2) is 13.0 Å². The fraction of sp³-hybridized carbons (Fsp3) is 0. The maximum Gasteiger partial charge on any atom is 0.301 e. The molecule has 1 aliphatic heterocycles. The number of allylic oxidation sites excluding steroid dienone is 2. The van der Waals surface area contributed by atoms with Crippen molar-refractivity contribution in [2.75, 3.05) is 0 Å². The van der Waals surface area contributed by atoms with Crippen molar-refractivity contribution in [2.24, 2.45) is 0 Å². The predicted octanol–water partition coefficient (Wildman–Crippen LogP) is 1.62. The lowest BCUT2D eigenvalue weighted by atomic mass is 10.6. The summed E-state index contributed by atoms with van der Waals surface area (Å²) in [5.74, 6) is 0. The van der Waals surface area contributed by atoms with E-state index < -0.39 is 10.1 Å². The van der Waals surface area contributed by atoms with Crippen molar-refractivity contribution < 1.29 is 13.0 Å². The summed E-state index contributed by atoms with van der Waals surface area (Å²) in [6.45, 7) is 0. The third-order valence-corrected chi connectivity index (χ3v) is 4.42. The van der Waals surface area contributed by atoms with Crippen LogP contribution in [0.4, 0.5) is 0 Å². The van der Waals surface area contributed by atoms with Gasteiger partial charge in [0.15, 0.2) is 0 Å². The molecule has 1 N–H and O–H groups in total. The fourth-order valence-electron chi connectivity index (χ4n) is 0.382. The molecule has 0 unspecified atom stereocenters. The van der Waals surface area contributed by atoms with Gasteiger partial charge in [0.05, 0.1) is 0 Å². The highest BCUT2D eigenvalue weighted by Crippen LogP contribution is 2.36. The monoisotopic (exact) mass is 196 g/mol. The standard InChI is InChI=1S/C4H4O3S3/c5-10(6,7)4-2-1-3-8-9-4/h1-3H,(H,5,6,7). The molecule has 0 radical (unpaired) electrons. The molecule has 6 heteroatoms. The summed E-state index contributed by atoms with van der Waals surface area (Å²) in [6, 6.07) is 0. The zero-order valence-electron chi connectivity index (χ0n) is 4.72. The van der Waals surface area contributed by atoms with E-state index in [4.69, 9.17) is 4.55 Å². The van der Waals surface area contributed by atoms with Crippen molar-refractivity contribution in [1.82, 2.24) is 0 Å². The van der Waals surface area contributed by atoms with Gasteiger partial charge in [-0.05, 0) is 22.3 Å². The summed E-state index contributed by atoms with van der Waals surface area (Å²) in [7, 11) is -1.69. The van der Waals surface area contributed by atoms with Gasteiger partial charge in [0, 0.05) is 0 Å². The highest BCUT2D eigenvalue weighted by molar-refractivity contribution is 8.80. The Kier molecular flexibility index (Phi) is 2.45. The van der Waals surface area contributed by atoms with Crippen LogP contribution in [0.1, 0.15) is 0 Å². The van der Waals surface area contributed by atoms with Crippen molar-refractivity contribution in [3.8, 4) is 0 Å². The maximum absolute atomic E-state index is 10.4. The second kappa shape index (κ2) is 3.00. The normalized spacial score (nSPS) is 18.7. The molecule has 0 amide bonds. The summed E-state index contributed by atoms with van der Waals surface area (Å²) < 4.78 is 29.3. The SMILES string of the molecule is O=S(=O)(O)C1=CC=CSS1. The van der Waals surface area contributed by atoms with Gasteiger partial charge in [-0.25, -0.2) is 0 Å². The van der Waals surface area contributed by atoms with Gasteiger partial charge in [-0.3, -0.25) is 4.55 Å². The zero-order chi connectivity index (χ0) is 7.61. The highest BCUT2D eigenvalue weighted by atomic mass is 33.1. The largest absolute Gasteiger partial charge is 0.301 e. The Morgan fingerprint density at radius 3 is 2.50 bits per heavy atom. The van der Waals surface area contributed by atoms with Crippen LogP contribution >= 0.6 is 21.6 Å². The highest BCUT2D eigenvalue weighted by Gasteiger charge is 2.14. The van der Waals surface area contributed by atoms with Crippen molar-refractivity contribution >= 4 is 31.7 Å². The Morgan fingerprint density at radius 1 is 1.50 bits per heavy atom. The van der Waals surface area contributed by atoms with E-state index in [2.05, 4.69) is 0 Å². The minimum Gasteiger partial charge on any atom is -0.281 e. The average Bonchev–Trinajstić information content (AvgIpc) is 1.88. The van der Waals surface area contributed by atoms with Gasteiger partial charge < -0.3 is 0 Å². The minimum absolute atomic E-state index is 0.0139. The fourth-order valence-corrected chi connectivity index (χ4v) is 3.34. The quantitative estimate of drug-likeness (QED) is 0.510. The second-order valence-corrected chi connectivity index (χ2v) is 5.27. The van der Waals surface area contributed by atoms with Crippen LogP contribution in [0.25, 0.3) is 0 Å². The van der Waals surface area contributed by atoms with Crippen LogP contribution in [0.3, 0.4) is 0 Å². The molecule has 0 aromatic rings. The molecular weight excluding hydrogens is 192 g/mol. The lowest BCUT2D eigenvalue weighted by molar-refractivity contribution is 0.493. The van der Waals surface area contributed by atoms with Gasteiger partial charge in [-0.15, -0.1) is 0 Å². The molecule has 0 aromatic heterocycles. The number of rotatable bonds is 1. The van der Waals surface area contributed by atoms with Crippen LogP contribution < -0.4 is 0 Å². The Hall–Kier alpha value is 0.0900. The Labute approximate surface area is 66.7 Å². The first-order valence-electron chi connectivity index (χ1n) is 2.28. The molecular formula is C4H4O3S3. The van der Waals surface area contributed by atoms with Gasteiger partial charge in [0.25, 0.3) is 0 Å². The lowest BCUT2D eigenvalue weighted by Gasteiger charge is -2.01. The molecule has 0 spiro atoms. The maximum atomic E-state index is 10.4. The molecule has 0 bridgehead atoms. The van der Waals surface area contributed by atoms with Crippen LogP contribution in [0, 0.1) is 0 Å². The summed E-state index contributed by atoms with van der Waals surface area (Å²) in [5.41, 5.74) is 0. The molecule has 0 aromatic carbocycles. The van der Waals surface area contributed by atoms with E-state index in [1.807, 2.05) is 0 Å². The molecule has 0 atom stereocenters. The van der Waals surface area contributed by atoms with Gasteiger partial charge in [-0.2, -0.15) is 8.42 Å². The smallest absolute Gasteiger partial charge is 0.281 e. The van der Waals surface area contributed by atoms with E-state index in [1.165, 1.54) is 16.9 Å². The van der Waals surface area contributed by atoms with Gasteiger partial charge in [0.1, 0.15) is 4.24 Å². The van der Waals surface area contributed by atoms with E-state index in [-0.39, 0.29) is 4.24 Å². The molecule has 1 aliphatic rings. The molecule has 1 rings (SSSR count). The van der Waals surface area contributed by atoms with Gasteiger partial charge in [0.2, 0.25) is 0 Å². The van der Waals surface area contributed by atoms with Crippen LogP contribution in [0.5, 0.6) is 0 Å². The molecule has 10 heavy (non-hydrogen) atoms. The second-order valence-electron chi connectivity index (χ2n) is 1.47.